The lowest BCUT2D eigenvalue weighted by Gasteiger charge is -2.01. The Morgan fingerprint density at radius 2 is 2.57 bits per heavy atom. The van der Waals surface area contributed by atoms with Crippen molar-refractivity contribution in [3.8, 4) is 0 Å². The largest absolute Gasteiger partial charge is 0.387 e. The van der Waals surface area contributed by atoms with E-state index in [1.54, 1.807) is 18.4 Å². The first kappa shape index (κ1) is 4.53. The van der Waals surface area contributed by atoms with Crippen LogP contribution in [0.15, 0.2) is 17.1 Å². The predicted octanol–water partition coefficient (Wildman–Crippen LogP) is -0.0121. The van der Waals surface area contributed by atoms with Crippen LogP contribution < -0.4 is 0 Å². The fourth-order valence-corrected chi connectivity index (χ4v) is 0.469. The van der Waals surface area contributed by atoms with Crippen molar-refractivity contribution in [3.05, 3.63) is 12.2 Å². The standard InChI is InChI=1S/C5H7NO/c7-5-2-1-3-6-4-5/h1-3,5,7H,4H2. The van der Waals surface area contributed by atoms with E-state index >= 15 is 0 Å². The minimum absolute atomic E-state index is 0.343. The average Bonchev–Trinajstić information content (AvgIpc) is 1.69. The maximum Gasteiger partial charge on any atom is 0.0919 e. The molecule has 1 aliphatic rings. The van der Waals surface area contributed by atoms with Crippen LogP contribution in [0.3, 0.4) is 0 Å². The third-order valence-corrected chi connectivity index (χ3v) is 0.817. The Balaban J connectivity index is 2.49. The Morgan fingerprint density at radius 1 is 1.71 bits per heavy atom. The van der Waals surface area contributed by atoms with E-state index in [9.17, 15) is 0 Å². The molecule has 1 aliphatic heterocycles. The van der Waals surface area contributed by atoms with Crippen LogP contribution in [0.1, 0.15) is 0 Å². The van der Waals surface area contributed by atoms with Crippen molar-refractivity contribution in [2.75, 3.05) is 6.54 Å². The van der Waals surface area contributed by atoms with Crippen molar-refractivity contribution in [3.63, 3.8) is 0 Å². The molecule has 1 heterocycles. The molecule has 0 fully saturated rings. The van der Waals surface area contributed by atoms with Crippen LogP contribution in [0.25, 0.3) is 0 Å². The zero-order chi connectivity index (χ0) is 5.11. The van der Waals surface area contributed by atoms with Gasteiger partial charge >= 0.3 is 0 Å². The van der Waals surface area contributed by atoms with Gasteiger partial charge < -0.3 is 5.11 Å². The van der Waals surface area contributed by atoms with Gasteiger partial charge in [0, 0.05) is 6.21 Å². The van der Waals surface area contributed by atoms with Crippen LogP contribution >= 0.6 is 0 Å². The Morgan fingerprint density at radius 3 is 2.86 bits per heavy atom. The van der Waals surface area contributed by atoms with Crippen molar-refractivity contribution in [2.24, 2.45) is 4.99 Å². The molecule has 0 aromatic carbocycles. The molecule has 0 aromatic rings. The Hall–Kier alpha value is -0.630. The van der Waals surface area contributed by atoms with Crippen LogP contribution in [-0.2, 0) is 0 Å². The van der Waals surface area contributed by atoms with Gasteiger partial charge in [0.1, 0.15) is 0 Å². The normalized spacial score (nSPS) is 28.4. The highest BCUT2D eigenvalue weighted by atomic mass is 16.3. The smallest absolute Gasteiger partial charge is 0.0919 e. The number of nitrogens with zero attached hydrogens (tertiary/aromatic N) is 1. The number of hydrogen-bond acceptors (Lipinski definition) is 2. The highest BCUT2D eigenvalue weighted by Gasteiger charge is 1.95. The van der Waals surface area contributed by atoms with Gasteiger partial charge in [-0.25, -0.2) is 0 Å². The molecule has 1 unspecified atom stereocenters. The lowest BCUT2D eigenvalue weighted by molar-refractivity contribution is 0.231. The van der Waals surface area contributed by atoms with E-state index in [-0.39, 0.29) is 6.10 Å². The van der Waals surface area contributed by atoms with Gasteiger partial charge in [-0.05, 0) is 6.08 Å². The van der Waals surface area contributed by atoms with E-state index in [0.717, 1.165) is 0 Å². The van der Waals surface area contributed by atoms with Crippen LogP contribution in [0.2, 0.25) is 0 Å². The summed E-state index contributed by atoms with van der Waals surface area (Å²) >= 11 is 0. The number of aliphatic hydroxyl groups excluding tert-OH is 1. The first-order chi connectivity index (χ1) is 3.39. The number of aliphatic hydroxyl groups is 1. The first-order valence-corrected chi connectivity index (χ1v) is 2.24. The zero-order valence-corrected chi connectivity index (χ0v) is 3.91. The predicted molar refractivity (Wildman–Crippen MR) is 28.5 cm³/mol. The van der Waals surface area contributed by atoms with Gasteiger partial charge in [-0.3, -0.25) is 4.99 Å². The van der Waals surface area contributed by atoms with Crippen LogP contribution in [0.5, 0.6) is 0 Å². The summed E-state index contributed by atoms with van der Waals surface area (Å²) in [5, 5.41) is 8.71. The van der Waals surface area contributed by atoms with Crippen molar-refractivity contribution in [1.29, 1.82) is 0 Å². The SMILES string of the molecule is OC1C=CC=NC1. The summed E-state index contributed by atoms with van der Waals surface area (Å²) < 4.78 is 0. The molecule has 1 rings (SSSR count). The van der Waals surface area contributed by atoms with Crippen LogP contribution in [0, 0.1) is 0 Å². The minimum atomic E-state index is -0.343. The summed E-state index contributed by atoms with van der Waals surface area (Å²) in [7, 11) is 0. The van der Waals surface area contributed by atoms with Crippen molar-refractivity contribution in [1.82, 2.24) is 0 Å². The second-order valence-corrected chi connectivity index (χ2v) is 1.47. The van der Waals surface area contributed by atoms with Crippen molar-refractivity contribution in [2.45, 2.75) is 6.10 Å². The maximum atomic E-state index is 8.71. The van der Waals surface area contributed by atoms with Gasteiger partial charge in [0.15, 0.2) is 0 Å². The monoisotopic (exact) mass is 97.1 g/mol. The van der Waals surface area contributed by atoms with Gasteiger partial charge in [-0.2, -0.15) is 0 Å². The van der Waals surface area contributed by atoms with Gasteiger partial charge in [-0.1, -0.05) is 6.08 Å². The number of dihydropyridines is 1. The van der Waals surface area contributed by atoms with Gasteiger partial charge in [0.05, 0.1) is 12.6 Å². The number of hydrogen-bond donors (Lipinski definition) is 1. The molecule has 0 bridgehead atoms. The second-order valence-electron chi connectivity index (χ2n) is 1.47. The fourth-order valence-electron chi connectivity index (χ4n) is 0.469. The van der Waals surface area contributed by atoms with Gasteiger partial charge in [-0.15, -0.1) is 0 Å². The molecule has 0 spiro atoms. The highest BCUT2D eigenvalue weighted by Crippen LogP contribution is 1.90. The van der Waals surface area contributed by atoms with E-state index in [4.69, 9.17) is 5.11 Å². The summed E-state index contributed by atoms with van der Waals surface area (Å²) in [6.07, 6.45) is 4.80. The number of allylic oxidation sites excluding steroid dienone is 1. The number of rotatable bonds is 0. The molecule has 1 atom stereocenters. The Bertz CT molecular complexity index is 107. The molecule has 0 amide bonds. The molecule has 0 aliphatic carbocycles. The van der Waals surface area contributed by atoms with Crippen LogP contribution in [-0.4, -0.2) is 24.0 Å². The van der Waals surface area contributed by atoms with Crippen molar-refractivity contribution >= 4 is 6.21 Å². The number of aliphatic imine (C=N–C) groups is 1. The molecular weight excluding hydrogens is 90.1 g/mol. The summed E-state index contributed by atoms with van der Waals surface area (Å²) in [6, 6.07) is 0. The van der Waals surface area contributed by atoms with Crippen molar-refractivity contribution < 1.29 is 5.11 Å². The topological polar surface area (TPSA) is 32.6 Å². The average molecular weight is 97.1 g/mol. The molecule has 7 heavy (non-hydrogen) atoms. The molecular formula is C5H7NO. The summed E-state index contributed by atoms with van der Waals surface area (Å²) in [4.78, 5) is 3.80. The zero-order valence-electron chi connectivity index (χ0n) is 3.91. The van der Waals surface area contributed by atoms with Crippen LogP contribution in [0.4, 0.5) is 0 Å². The van der Waals surface area contributed by atoms with Gasteiger partial charge in [0.25, 0.3) is 0 Å². The van der Waals surface area contributed by atoms with E-state index in [1.807, 2.05) is 0 Å². The van der Waals surface area contributed by atoms with Gasteiger partial charge in [0.2, 0.25) is 0 Å². The van der Waals surface area contributed by atoms with E-state index in [1.165, 1.54) is 0 Å². The molecule has 2 heteroatoms. The first-order valence-electron chi connectivity index (χ1n) is 2.24. The molecule has 0 saturated carbocycles. The lowest BCUT2D eigenvalue weighted by Crippen LogP contribution is -2.08. The Labute approximate surface area is 42.2 Å². The second kappa shape index (κ2) is 1.89. The molecule has 2 nitrogen and oxygen atoms in total. The molecule has 0 aromatic heterocycles. The highest BCUT2D eigenvalue weighted by molar-refractivity contribution is 5.72. The third kappa shape index (κ3) is 1.12. The minimum Gasteiger partial charge on any atom is -0.387 e. The summed E-state index contributed by atoms with van der Waals surface area (Å²) in [5.74, 6) is 0. The summed E-state index contributed by atoms with van der Waals surface area (Å²) in [5.41, 5.74) is 0. The Kier molecular flexibility index (Phi) is 1.22. The molecule has 38 valence electrons. The van der Waals surface area contributed by atoms with E-state index in [2.05, 4.69) is 4.99 Å². The molecule has 0 saturated heterocycles. The third-order valence-electron chi connectivity index (χ3n) is 0.817. The summed E-state index contributed by atoms with van der Waals surface area (Å²) in [6.45, 7) is 0.524. The van der Waals surface area contributed by atoms with E-state index < -0.39 is 0 Å². The molecule has 1 N–H and O–H groups in total. The van der Waals surface area contributed by atoms with E-state index in [0.29, 0.717) is 6.54 Å². The maximum absolute atomic E-state index is 8.71. The molecule has 0 radical (unpaired) electrons. The fraction of sp³-hybridized carbons (Fsp3) is 0.400. The lowest BCUT2D eigenvalue weighted by atomic mass is 10.3. The quantitative estimate of drug-likeness (QED) is 0.453.